The van der Waals surface area contributed by atoms with Crippen molar-refractivity contribution in [2.45, 2.75) is 24.5 Å². The quantitative estimate of drug-likeness (QED) is 0.426. The summed E-state index contributed by atoms with van der Waals surface area (Å²) >= 11 is 0. The van der Waals surface area contributed by atoms with Crippen molar-refractivity contribution in [3.63, 3.8) is 0 Å². The highest BCUT2D eigenvalue weighted by atomic mass is 32.2. The van der Waals surface area contributed by atoms with Crippen molar-refractivity contribution in [3.8, 4) is 22.8 Å². The summed E-state index contributed by atoms with van der Waals surface area (Å²) in [6.07, 6.45) is -1.72. The molecule has 3 aromatic rings. The smallest absolute Gasteiger partial charge is 0.280 e. The fourth-order valence-electron chi connectivity index (χ4n) is 3.17. The van der Waals surface area contributed by atoms with Crippen LogP contribution < -0.4 is 15.0 Å². The lowest BCUT2D eigenvalue weighted by molar-refractivity contribution is 0.145. The van der Waals surface area contributed by atoms with Gasteiger partial charge < -0.3 is 19.1 Å². The number of sulfone groups is 1. The molecule has 1 aromatic carbocycles. The summed E-state index contributed by atoms with van der Waals surface area (Å²) in [5.74, 6) is 0.496. The third-order valence-electron chi connectivity index (χ3n) is 4.88. The van der Waals surface area contributed by atoms with Crippen LogP contribution in [0.3, 0.4) is 0 Å². The minimum Gasteiger partial charge on any atom is -0.493 e. The number of hydrogen-bond acceptors (Lipinski definition) is 8. The highest BCUT2D eigenvalue weighted by Gasteiger charge is 2.23. The average Bonchev–Trinajstić information content (AvgIpc) is 2.83. The largest absolute Gasteiger partial charge is 0.493 e. The van der Waals surface area contributed by atoms with E-state index in [2.05, 4.69) is 9.97 Å². The molecule has 12 heteroatoms. The lowest BCUT2D eigenvalue weighted by atomic mass is 10.1. The molecular weight excluding hydrogens is 472 g/mol. The third kappa shape index (κ3) is 5.75. The summed E-state index contributed by atoms with van der Waals surface area (Å²) in [6.45, 7) is -0.261. The Kier molecular flexibility index (Phi) is 7.94. The molecule has 0 radical (unpaired) electrons. The lowest BCUT2D eigenvalue weighted by Crippen LogP contribution is -2.19. The fourth-order valence-corrected chi connectivity index (χ4v) is 4.34. The van der Waals surface area contributed by atoms with Crippen molar-refractivity contribution in [1.82, 2.24) is 14.5 Å². The number of nitrogens with zero attached hydrogens (tertiary/aromatic N) is 3. The lowest BCUT2D eigenvalue weighted by Gasteiger charge is -2.12. The van der Waals surface area contributed by atoms with Crippen LogP contribution in [0.1, 0.15) is 24.1 Å². The number of ether oxygens (including phenoxy) is 2. The predicted molar refractivity (Wildman–Crippen MR) is 119 cm³/mol. The first-order chi connectivity index (χ1) is 16.2. The molecular formula is C22H23F2N3O6S. The average molecular weight is 496 g/mol. The van der Waals surface area contributed by atoms with E-state index in [1.165, 1.54) is 37.1 Å². The standard InChI is InChI=1S/C22H23F2N3O6S/c1-32-18-6-4-14(10-19(18)33-2)12-27-13-15(5-7-20(27)29)16-11-17(21(23)24)26-22(25-16)34(30,31)9-3-8-28/h4-7,10-11,13,21,28H,3,8-9,12H2,1-2H3. The van der Waals surface area contributed by atoms with Crippen molar-refractivity contribution in [2.75, 3.05) is 26.6 Å². The molecule has 182 valence electrons. The second-order valence-electron chi connectivity index (χ2n) is 7.23. The summed E-state index contributed by atoms with van der Waals surface area (Å²) in [5, 5.41) is 8.16. The second-order valence-corrected chi connectivity index (χ2v) is 9.23. The number of alkyl halides is 2. The van der Waals surface area contributed by atoms with Crippen molar-refractivity contribution >= 4 is 9.84 Å². The molecule has 0 bridgehead atoms. The molecule has 0 unspecified atom stereocenters. The molecule has 0 aliphatic heterocycles. The summed E-state index contributed by atoms with van der Waals surface area (Å²) in [7, 11) is -1.12. The van der Waals surface area contributed by atoms with E-state index < -0.39 is 32.9 Å². The zero-order valence-electron chi connectivity index (χ0n) is 18.4. The predicted octanol–water partition coefficient (Wildman–Crippen LogP) is 2.46. The number of methoxy groups -OCH3 is 2. The molecule has 0 atom stereocenters. The first-order valence-electron chi connectivity index (χ1n) is 10.1. The molecule has 0 aliphatic rings. The van der Waals surface area contributed by atoms with Gasteiger partial charge in [0.25, 0.3) is 12.0 Å². The van der Waals surface area contributed by atoms with E-state index in [0.717, 1.165) is 6.07 Å². The molecule has 9 nitrogen and oxygen atoms in total. The highest BCUT2D eigenvalue weighted by molar-refractivity contribution is 7.91. The van der Waals surface area contributed by atoms with E-state index in [9.17, 15) is 22.0 Å². The summed E-state index contributed by atoms with van der Waals surface area (Å²) in [6, 6.07) is 8.72. The molecule has 0 saturated carbocycles. The SMILES string of the molecule is COc1ccc(Cn2cc(-c3cc(C(F)F)nc(S(=O)(=O)CCCO)n3)ccc2=O)cc1OC. The number of aromatic nitrogens is 3. The van der Waals surface area contributed by atoms with Crippen molar-refractivity contribution < 1.29 is 31.8 Å². The molecule has 0 saturated heterocycles. The maximum Gasteiger partial charge on any atom is 0.280 e. The number of hydrogen-bond donors (Lipinski definition) is 1. The Bertz CT molecular complexity index is 1330. The Labute approximate surface area is 194 Å². The van der Waals surface area contributed by atoms with Gasteiger partial charge in [-0.25, -0.2) is 27.2 Å². The van der Waals surface area contributed by atoms with Gasteiger partial charge in [0.15, 0.2) is 11.5 Å². The van der Waals surface area contributed by atoms with E-state index in [4.69, 9.17) is 14.6 Å². The van der Waals surface area contributed by atoms with Gasteiger partial charge in [0, 0.05) is 24.4 Å². The topological polar surface area (TPSA) is 121 Å². The number of rotatable bonds is 10. The van der Waals surface area contributed by atoms with Gasteiger partial charge in [0.1, 0.15) is 5.69 Å². The minimum absolute atomic E-state index is 0.0751. The molecule has 2 aromatic heterocycles. The van der Waals surface area contributed by atoms with E-state index in [-0.39, 0.29) is 36.4 Å². The normalized spacial score (nSPS) is 11.6. The second kappa shape index (κ2) is 10.7. The van der Waals surface area contributed by atoms with Gasteiger partial charge >= 0.3 is 0 Å². The molecule has 0 aliphatic carbocycles. The van der Waals surface area contributed by atoms with Gasteiger partial charge in [-0.1, -0.05) is 6.07 Å². The summed E-state index contributed by atoms with van der Waals surface area (Å²) < 4.78 is 63.6. The number of halogens is 2. The van der Waals surface area contributed by atoms with Gasteiger partial charge in [0.05, 0.1) is 32.2 Å². The number of pyridine rings is 1. The van der Waals surface area contributed by atoms with Crippen molar-refractivity contribution in [2.24, 2.45) is 0 Å². The van der Waals surface area contributed by atoms with Gasteiger partial charge in [-0.15, -0.1) is 0 Å². The Morgan fingerprint density at radius 1 is 1.06 bits per heavy atom. The van der Waals surface area contributed by atoms with E-state index in [1.807, 2.05) is 0 Å². The van der Waals surface area contributed by atoms with Crippen LogP contribution in [0.2, 0.25) is 0 Å². The minimum atomic E-state index is -4.10. The Hall–Kier alpha value is -3.38. The van der Waals surface area contributed by atoms with Gasteiger partial charge in [0.2, 0.25) is 15.0 Å². The first-order valence-corrected chi connectivity index (χ1v) is 11.8. The molecule has 3 rings (SSSR count). The molecule has 0 spiro atoms. The third-order valence-corrected chi connectivity index (χ3v) is 6.44. The highest BCUT2D eigenvalue weighted by Crippen LogP contribution is 2.28. The maximum absolute atomic E-state index is 13.4. The van der Waals surface area contributed by atoms with Crippen LogP contribution in [-0.4, -0.2) is 54.6 Å². The molecule has 34 heavy (non-hydrogen) atoms. The molecule has 0 amide bonds. The fraction of sp³-hybridized carbons (Fsp3) is 0.318. The Morgan fingerprint density at radius 3 is 2.44 bits per heavy atom. The molecule has 0 fully saturated rings. The summed E-state index contributed by atoms with van der Waals surface area (Å²) in [5.41, 5.74) is -0.236. The Balaban J connectivity index is 2.04. The first kappa shape index (κ1) is 25.2. The van der Waals surface area contributed by atoms with Crippen LogP contribution >= 0.6 is 0 Å². The van der Waals surface area contributed by atoms with E-state index >= 15 is 0 Å². The maximum atomic E-state index is 13.4. The van der Waals surface area contributed by atoms with Crippen LogP contribution in [0, 0.1) is 0 Å². The number of benzene rings is 1. The van der Waals surface area contributed by atoms with Crippen LogP contribution in [0.15, 0.2) is 52.5 Å². The Morgan fingerprint density at radius 2 is 1.79 bits per heavy atom. The van der Waals surface area contributed by atoms with Gasteiger partial charge in [-0.2, -0.15) is 0 Å². The summed E-state index contributed by atoms with van der Waals surface area (Å²) in [4.78, 5) is 19.9. The van der Waals surface area contributed by atoms with Crippen molar-refractivity contribution in [1.29, 1.82) is 0 Å². The van der Waals surface area contributed by atoms with Crippen LogP contribution in [0.25, 0.3) is 11.3 Å². The van der Waals surface area contributed by atoms with Crippen LogP contribution in [0.4, 0.5) is 8.78 Å². The molecule has 2 heterocycles. The van der Waals surface area contributed by atoms with E-state index in [1.54, 1.807) is 18.2 Å². The zero-order chi connectivity index (χ0) is 24.9. The van der Waals surface area contributed by atoms with Gasteiger partial charge in [-0.3, -0.25) is 4.79 Å². The van der Waals surface area contributed by atoms with Crippen LogP contribution in [-0.2, 0) is 16.4 Å². The zero-order valence-corrected chi connectivity index (χ0v) is 19.3. The monoisotopic (exact) mass is 495 g/mol. The van der Waals surface area contributed by atoms with Gasteiger partial charge in [-0.05, 0) is 36.2 Å². The van der Waals surface area contributed by atoms with Crippen LogP contribution in [0.5, 0.6) is 11.5 Å². The molecule has 1 N–H and O–H groups in total. The number of aliphatic hydroxyl groups excluding tert-OH is 1. The number of aliphatic hydroxyl groups is 1. The van der Waals surface area contributed by atoms with E-state index in [0.29, 0.717) is 17.1 Å². The van der Waals surface area contributed by atoms with Crippen molar-refractivity contribution in [3.05, 3.63) is 64.2 Å².